The highest BCUT2D eigenvalue weighted by atomic mass is 35.5. The predicted octanol–water partition coefficient (Wildman–Crippen LogP) is 12.7. The van der Waals surface area contributed by atoms with Crippen LogP contribution in [0.2, 0.25) is 5.02 Å². The van der Waals surface area contributed by atoms with Gasteiger partial charge in [0, 0.05) is 22.9 Å². The molecule has 2 amide bonds. The maximum atomic E-state index is 14.7. The number of oxazole rings is 1. The molecule has 0 saturated heterocycles. The number of aromatic hydroxyl groups is 1. The Morgan fingerprint density at radius 3 is 2.24 bits per heavy atom. The first-order valence-corrected chi connectivity index (χ1v) is 25.7. The number of rotatable bonds is 17. The predicted molar refractivity (Wildman–Crippen MR) is 277 cm³/mol. The SMILES string of the molecule is CCC(C)(C)c1cc(C(C)(C)CC)c2oc(C(C#N)=Cc3ccc(N(C(=O)OC(C(=O)Nc4cc(CS(=O)(=O)c5ccc(O)cc5)ccc4Cl)C(=O)c4ccc(OC)cc4)C4CCCC4)cc3C)nc2c1. The van der Waals surface area contributed by atoms with E-state index in [0.29, 0.717) is 46.5 Å². The Hall–Kier alpha value is -6.95. The summed E-state index contributed by atoms with van der Waals surface area (Å²) in [5.41, 5.74) is 5.54. The number of halogens is 1. The fraction of sp³-hybridized carbons (Fsp3) is 0.339. The van der Waals surface area contributed by atoms with E-state index >= 15 is 0 Å². The number of sulfone groups is 1. The summed E-state index contributed by atoms with van der Waals surface area (Å²) in [4.78, 5) is 49.6. The van der Waals surface area contributed by atoms with Gasteiger partial charge in [-0.1, -0.05) is 84.2 Å². The van der Waals surface area contributed by atoms with E-state index in [-0.39, 0.29) is 60.8 Å². The smallest absolute Gasteiger partial charge is 0.415 e. The van der Waals surface area contributed by atoms with Crippen molar-refractivity contribution in [1.82, 2.24) is 4.98 Å². The minimum absolute atomic E-state index is 0.0180. The lowest BCUT2D eigenvalue weighted by molar-refractivity contribution is -0.122. The molecule has 13 nitrogen and oxygen atoms in total. The molecule has 0 spiro atoms. The molecule has 1 heterocycles. The molecule has 1 fully saturated rings. The number of ether oxygens (including phenoxy) is 2. The number of nitriles is 1. The molecule has 7 rings (SSSR count). The van der Waals surface area contributed by atoms with Gasteiger partial charge in [-0.3, -0.25) is 14.5 Å². The molecule has 0 radical (unpaired) electrons. The second-order valence-electron chi connectivity index (χ2n) is 19.3. The van der Waals surface area contributed by atoms with Crippen LogP contribution in [0.3, 0.4) is 0 Å². The molecule has 5 aromatic carbocycles. The van der Waals surface area contributed by atoms with Crippen LogP contribution in [0.25, 0.3) is 22.7 Å². The minimum Gasteiger partial charge on any atom is -0.508 e. The number of methoxy groups -OCH3 is 1. The van der Waals surface area contributed by atoms with Gasteiger partial charge < -0.3 is 24.3 Å². The van der Waals surface area contributed by atoms with Crippen molar-refractivity contribution < 1.29 is 41.8 Å². The summed E-state index contributed by atoms with van der Waals surface area (Å²) in [5, 5.41) is 22.8. The Morgan fingerprint density at radius 2 is 1.62 bits per heavy atom. The van der Waals surface area contributed by atoms with Crippen LogP contribution < -0.4 is 15.0 Å². The normalized spacial score (nSPS) is 13.9. The summed E-state index contributed by atoms with van der Waals surface area (Å²) in [5.74, 6) is -1.77. The van der Waals surface area contributed by atoms with E-state index < -0.39 is 39.5 Å². The van der Waals surface area contributed by atoms with Gasteiger partial charge in [-0.25, -0.2) is 18.2 Å². The number of phenols is 1. The number of carbonyl (C=O) groups is 3. The maximum absolute atomic E-state index is 14.7. The molecular weight excluding hydrogens is 940 g/mol. The van der Waals surface area contributed by atoms with Crippen molar-refractivity contribution in [1.29, 1.82) is 5.26 Å². The van der Waals surface area contributed by atoms with Crippen LogP contribution in [-0.4, -0.2) is 55.5 Å². The number of fused-ring (bicyclic) bond motifs is 1. The fourth-order valence-corrected chi connectivity index (χ4v) is 10.0. The van der Waals surface area contributed by atoms with Gasteiger partial charge in [0.25, 0.3) is 5.91 Å². The van der Waals surface area contributed by atoms with Crippen LogP contribution >= 0.6 is 11.6 Å². The summed E-state index contributed by atoms with van der Waals surface area (Å²) < 4.78 is 44.3. The number of amides is 2. The largest absolute Gasteiger partial charge is 0.508 e. The first-order valence-electron chi connectivity index (χ1n) is 23.7. The quantitative estimate of drug-likeness (QED) is 0.0502. The zero-order chi connectivity index (χ0) is 51.4. The molecule has 6 aromatic rings. The van der Waals surface area contributed by atoms with Gasteiger partial charge in [-0.2, -0.15) is 5.26 Å². The summed E-state index contributed by atoms with van der Waals surface area (Å²) in [6, 6.07) is 26.9. The Bertz CT molecular complexity index is 3170. The van der Waals surface area contributed by atoms with E-state index in [4.69, 9.17) is 30.5 Å². The van der Waals surface area contributed by atoms with Crippen LogP contribution in [0.1, 0.15) is 124 Å². The number of nitrogens with one attached hydrogen (secondary N) is 1. The van der Waals surface area contributed by atoms with Crippen LogP contribution in [0.5, 0.6) is 11.5 Å². The van der Waals surface area contributed by atoms with E-state index in [1.807, 2.05) is 6.92 Å². The van der Waals surface area contributed by atoms with Gasteiger partial charge in [-0.15, -0.1) is 0 Å². The lowest BCUT2D eigenvalue weighted by atomic mass is 9.76. The van der Waals surface area contributed by atoms with Crippen molar-refractivity contribution in [3.05, 3.63) is 141 Å². The highest BCUT2D eigenvalue weighted by Crippen LogP contribution is 2.40. The molecule has 1 unspecified atom stereocenters. The van der Waals surface area contributed by atoms with E-state index in [0.717, 1.165) is 36.8 Å². The number of allylic oxidation sites excluding steroid dienone is 1. The van der Waals surface area contributed by atoms with Crippen LogP contribution in [0, 0.1) is 18.3 Å². The van der Waals surface area contributed by atoms with E-state index in [2.05, 4.69) is 65.1 Å². The lowest BCUT2D eigenvalue weighted by Gasteiger charge is -2.30. The maximum Gasteiger partial charge on any atom is 0.415 e. The van der Waals surface area contributed by atoms with Crippen molar-refractivity contribution in [2.75, 3.05) is 17.3 Å². The molecule has 0 bridgehead atoms. The summed E-state index contributed by atoms with van der Waals surface area (Å²) in [6.45, 7) is 14.9. The second-order valence-corrected chi connectivity index (χ2v) is 21.7. The Balaban J connectivity index is 1.20. The first-order chi connectivity index (χ1) is 33.7. The molecule has 2 N–H and O–H groups in total. The average molecular weight is 1000 g/mol. The molecular formula is C56H59ClN4O9S. The number of nitrogens with zero attached hydrogens (tertiary/aromatic N) is 3. The third-order valence-corrected chi connectivity index (χ3v) is 15.8. The van der Waals surface area contributed by atoms with Crippen molar-refractivity contribution in [3.8, 4) is 17.6 Å². The number of aryl methyl sites for hydroxylation is 1. The van der Waals surface area contributed by atoms with Crippen molar-refractivity contribution >= 4 is 73.3 Å². The van der Waals surface area contributed by atoms with E-state index in [1.54, 1.807) is 36.4 Å². The monoisotopic (exact) mass is 998 g/mol. The molecule has 15 heteroatoms. The van der Waals surface area contributed by atoms with Gasteiger partial charge in [0.1, 0.15) is 28.7 Å². The molecule has 1 aromatic heterocycles. The number of hydrogen-bond acceptors (Lipinski definition) is 11. The highest BCUT2D eigenvalue weighted by Gasteiger charge is 2.37. The standard InChI is InChI=1S/C56H59ClN4O9S/c1-9-55(4,5)39-30-45(56(6,7)10-2)50-48(31-39)60-53(69-50)38(32-58)29-37-16-19-41(27-34(37)3)61(40-13-11-12-14-40)54(65)70-51(49(63)36-17-22-43(68-8)23-18-36)52(64)59-47-28-35(15-26-46(47)57)33-71(66,67)44-24-20-42(62)21-25-44/h15-31,40,51,62H,9-14,33H2,1-8H3,(H,59,64). The zero-order valence-corrected chi connectivity index (χ0v) is 42.8. The highest BCUT2D eigenvalue weighted by molar-refractivity contribution is 7.90. The Morgan fingerprint density at radius 1 is 0.944 bits per heavy atom. The van der Waals surface area contributed by atoms with Gasteiger partial charge in [0.05, 0.1) is 28.5 Å². The second kappa shape index (κ2) is 21.2. The molecule has 1 aliphatic rings. The summed E-state index contributed by atoms with van der Waals surface area (Å²) in [7, 11) is -2.43. The van der Waals surface area contributed by atoms with Crippen molar-refractivity contribution in [3.63, 3.8) is 0 Å². The minimum atomic E-state index is -3.90. The lowest BCUT2D eigenvalue weighted by Crippen LogP contribution is -2.46. The third kappa shape index (κ3) is 11.5. The molecule has 370 valence electrons. The molecule has 71 heavy (non-hydrogen) atoms. The molecule has 1 aliphatic carbocycles. The van der Waals surface area contributed by atoms with Crippen LogP contribution in [-0.2, 0) is 36.0 Å². The topological polar surface area (TPSA) is 189 Å². The van der Waals surface area contributed by atoms with Crippen molar-refractivity contribution in [2.45, 2.75) is 121 Å². The molecule has 0 aliphatic heterocycles. The number of anilines is 2. The van der Waals surface area contributed by atoms with Crippen molar-refractivity contribution in [2.24, 2.45) is 0 Å². The van der Waals surface area contributed by atoms with Gasteiger partial charge in [0.2, 0.25) is 17.8 Å². The zero-order valence-electron chi connectivity index (χ0n) is 41.3. The number of Topliss-reactive ketones (excluding diaryl/α,β-unsaturated/α-hetero) is 1. The third-order valence-electron chi connectivity index (χ3n) is 13.7. The first kappa shape index (κ1) is 51.9. The van der Waals surface area contributed by atoms with Crippen LogP contribution in [0.4, 0.5) is 16.2 Å². The number of phenolic OH excluding ortho intramolecular Hbond substituents is 1. The summed E-state index contributed by atoms with van der Waals surface area (Å²) >= 11 is 6.54. The molecule has 1 atom stereocenters. The van der Waals surface area contributed by atoms with Gasteiger partial charge >= 0.3 is 6.09 Å². The molecule has 1 saturated carbocycles. The number of ketones is 1. The Labute approximate surface area is 420 Å². The van der Waals surface area contributed by atoms with Gasteiger partial charge in [-0.05, 0) is 151 Å². The number of carbonyl (C=O) groups excluding carboxylic acids is 3. The van der Waals surface area contributed by atoms with E-state index in [1.165, 1.54) is 66.6 Å². The Kier molecular flexibility index (Phi) is 15.5. The fourth-order valence-electron chi connectivity index (χ4n) is 8.54. The number of benzene rings is 5. The van der Waals surface area contributed by atoms with Crippen LogP contribution in [0.15, 0.2) is 106 Å². The number of aromatic nitrogens is 1. The summed E-state index contributed by atoms with van der Waals surface area (Å²) in [6.07, 6.45) is 3.48. The number of hydrogen-bond donors (Lipinski definition) is 2. The van der Waals surface area contributed by atoms with E-state index in [9.17, 15) is 33.2 Å². The van der Waals surface area contributed by atoms with Gasteiger partial charge in [0.15, 0.2) is 15.4 Å². The average Bonchev–Trinajstić information content (AvgIpc) is 4.05.